The monoisotopic (exact) mass is 433 g/mol. The average molecular weight is 434 g/mol. The van der Waals surface area contributed by atoms with E-state index in [0.29, 0.717) is 34.2 Å². The van der Waals surface area contributed by atoms with E-state index in [9.17, 15) is 4.79 Å². The topological polar surface area (TPSA) is 29.1 Å². The fourth-order valence-electron chi connectivity index (χ4n) is 8.26. The van der Waals surface area contributed by atoms with E-state index in [0.717, 1.165) is 18.8 Å². The van der Waals surface area contributed by atoms with Gasteiger partial charge in [0.25, 0.3) is 0 Å². The molecule has 3 heteroatoms. The number of hydrogen-bond acceptors (Lipinski definition) is 3. The molecule has 4 aliphatic carbocycles. The van der Waals surface area contributed by atoms with Gasteiger partial charge in [-0.25, -0.2) is 0 Å². The van der Waals surface area contributed by atoms with Crippen LogP contribution in [0.2, 0.25) is 0 Å². The van der Waals surface area contributed by atoms with Crippen molar-refractivity contribution < 1.29 is 4.79 Å². The molecule has 31 heavy (non-hydrogen) atoms. The van der Waals surface area contributed by atoms with Crippen molar-refractivity contribution in [2.24, 2.45) is 17.3 Å². The molecule has 1 N–H and O–H groups in total. The molecule has 1 saturated heterocycles. The Morgan fingerprint density at radius 1 is 1.06 bits per heavy atom. The molecular formula is C28H35NOS. The van der Waals surface area contributed by atoms with Crippen molar-refractivity contribution in [2.75, 3.05) is 18.1 Å². The van der Waals surface area contributed by atoms with Crippen molar-refractivity contribution in [1.82, 2.24) is 0 Å². The highest BCUT2D eigenvalue weighted by Gasteiger charge is 2.63. The summed E-state index contributed by atoms with van der Waals surface area (Å²) in [7, 11) is 2.00. The Morgan fingerprint density at radius 2 is 1.90 bits per heavy atom. The standard InChI is InChI=1S/C28H35NOS/c1-27-17-24(18-4-7-20(29-2)8-5-18)26-22-11-9-21(30)16-19(22)6-10-23(26)25(27)12-14-28(27)13-3-15-31-28/h4-5,7-8,16,23-25,29H,3,6,9-15,17H2,1-2H3/t23?,24-,25?,27+,28+/m1/s1. The van der Waals surface area contributed by atoms with Crippen LogP contribution in [-0.2, 0) is 4.79 Å². The van der Waals surface area contributed by atoms with Gasteiger partial charge in [-0.05, 0) is 109 Å². The zero-order valence-electron chi connectivity index (χ0n) is 19.0. The summed E-state index contributed by atoms with van der Waals surface area (Å²) in [5.41, 5.74) is 7.82. The Bertz CT molecular complexity index is 967. The molecule has 1 spiro atoms. The number of fused-ring (bicyclic) bond motifs is 5. The van der Waals surface area contributed by atoms with Crippen molar-refractivity contribution in [3.63, 3.8) is 0 Å². The molecule has 0 aromatic heterocycles. The maximum Gasteiger partial charge on any atom is 0.156 e. The van der Waals surface area contributed by atoms with Gasteiger partial charge in [0, 0.05) is 29.8 Å². The molecule has 6 rings (SSSR count). The third-order valence-electron chi connectivity index (χ3n) is 9.73. The van der Waals surface area contributed by atoms with E-state index in [4.69, 9.17) is 0 Å². The van der Waals surface area contributed by atoms with Crippen molar-refractivity contribution >= 4 is 23.2 Å². The second-order valence-electron chi connectivity index (χ2n) is 10.9. The summed E-state index contributed by atoms with van der Waals surface area (Å²) in [6.45, 7) is 2.68. The lowest BCUT2D eigenvalue weighted by molar-refractivity contribution is -0.114. The minimum absolute atomic E-state index is 0.343. The zero-order valence-corrected chi connectivity index (χ0v) is 19.8. The highest BCUT2D eigenvalue weighted by molar-refractivity contribution is 8.01. The quantitative estimate of drug-likeness (QED) is 0.550. The Balaban J connectivity index is 1.51. The van der Waals surface area contributed by atoms with Crippen LogP contribution in [0.25, 0.3) is 0 Å². The minimum Gasteiger partial charge on any atom is -0.388 e. The van der Waals surface area contributed by atoms with Gasteiger partial charge >= 0.3 is 0 Å². The molecule has 3 fully saturated rings. The summed E-state index contributed by atoms with van der Waals surface area (Å²) in [4.78, 5) is 12.2. The number of benzene rings is 1. The van der Waals surface area contributed by atoms with Crippen LogP contribution in [0.3, 0.4) is 0 Å². The fraction of sp³-hybridized carbons (Fsp3) is 0.607. The predicted octanol–water partition coefficient (Wildman–Crippen LogP) is 6.89. The second kappa shape index (κ2) is 7.27. The first-order chi connectivity index (χ1) is 15.0. The van der Waals surface area contributed by atoms with Crippen LogP contribution in [0, 0.1) is 17.3 Å². The van der Waals surface area contributed by atoms with Crippen molar-refractivity contribution in [3.05, 3.63) is 52.6 Å². The Labute approximate surface area is 191 Å². The van der Waals surface area contributed by atoms with Crippen LogP contribution in [0.4, 0.5) is 5.69 Å². The SMILES string of the molecule is CNc1ccc([C@H]2C[C@@]3(C)C(CC[C@@]34CCCS4)C3CCC4=CC(=O)CCC4=C32)cc1. The van der Waals surface area contributed by atoms with Crippen LogP contribution >= 0.6 is 11.8 Å². The third kappa shape index (κ3) is 2.88. The first-order valence-electron chi connectivity index (χ1n) is 12.4. The first-order valence-corrected chi connectivity index (χ1v) is 13.4. The van der Waals surface area contributed by atoms with Gasteiger partial charge in [-0.1, -0.05) is 24.6 Å². The molecule has 164 valence electrons. The lowest BCUT2D eigenvalue weighted by Gasteiger charge is -2.55. The normalized spacial score (nSPS) is 39.2. The molecule has 0 amide bonds. The largest absolute Gasteiger partial charge is 0.388 e. The number of nitrogens with one attached hydrogen (secondary N) is 1. The fourth-order valence-corrected chi connectivity index (χ4v) is 10.1. The number of carbonyl (C=O) groups is 1. The first kappa shape index (κ1) is 20.1. The number of anilines is 1. The molecular weight excluding hydrogens is 398 g/mol. The Kier molecular flexibility index (Phi) is 4.72. The number of carbonyl (C=O) groups excluding carboxylic acids is 1. The van der Waals surface area contributed by atoms with Gasteiger partial charge in [-0.15, -0.1) is 0 Å². The molecule has 2 saturated carbocycles. The minimum atomic E-state index is 0.343. The zero-order chi connectivity index (χ0) is 21.2. The summed E-state index contributed by atoms with van der Waals surface area (Å²) in [6.07, 6.45) is 13.0. The Morgan fingerprint density at radius 3 is 2.65 bits per heavy atom. The number of allylic oxidation sites excluding steroid dienone is 4. The highest BCUT2D eigenvalue weighted by atomic mass is 32.2. The summed E-state index contributed by atoms with van der Waals surface area (Å²) in [6, 6.07) is 9.26. The highest BCUT2D eigenvalue weighted by Crippen LogP contribution is 2.72. The van der Waals surface area contributed by atoms with Crippen LogP contribution in [-0.4, -0.2) is 23.3 Å². The molecule has 1 aliphatic heterocycles. The average Bonchev–Trinajstić information content (AvgIpc) is 3.39. The number of rotatable bonds is 2. The number of hydrogen-bond donors (Lipinski definition) is 1. The molecule has 1 aromatic rings. The van der Waals surface area contributed by atoms with Crippen LogP contribution < -0.4 is 5.32 Å². The van der Waals surface area contributed by atoms with Gasteiger partial charge in [-0.3, -0.25) is 4.79 Å². The summed E-state index contributed by atoms with van der Waals surface area (Å²) >= 11 is 2.32. The van der Waals surface area contributed by atoms with E-state index in [1.807, 2.05) is 13.1 Å². The van der Waals surface area contributed by atoms with Crippen LogP contribution in [0.5, 0.6) is 0 Å². The van der Waals surface area contributed by atoms with E-state index in [1.54, 1.807) is 11.1 Å². The van der Waals surface area contributed by atoms with Crippen molar-refractivity contribution in [3.8, 4) is 0 Å². The lowest BCUT2D eigenvalue weighted by atomic mass is 9.51. The van der Waals surface area contributed by atoms with Gasteiger partial charge in [0.2, 0.25) is 0 Å². The van der Waals surface area contributed by atoms with Gasteiger partial charge in [0.1, 0.15) is 0 Å². The molecule has 1 aromatic carbocycles. The maximum atomic E-state index is 12.2. The lowest BCUT2D eigenvalue weighted by Crippen LogP contribution is -2.49. The van der Waals surface area contributed by atoms with Crippen molar-refractivity contribution in [1.29, 1.82) is 0 Å². The smallest absolute Gasteiger partial charge is 0.156 e. The summed E-state index contributed by atoms with van der Waals surface area (Å²) in [5, 5.41) is 3.29. The molecule has 2 unspecified atom stereocenters. The molecule has 5 aliphatic rings. The van der Waals surface area contributed by atoms with E-state index >= 15 is 0 Å². The predicted molar refractivity (Wildman–Crippen MR) is 131 cm³/mol. The van der Waals surface area contributed by atoms with Gasteiger partial charge in [-0.2, -0.15) is 11.8 Å². The molecule has 0 bridgehead atoms. The molecule has 5 atom stereocenters. The molecule has 1 heterocycles. The van der Waals surface area contributed by atoms with Gasteiger partial charge in [0.15, 0.2) is 5.78 Å². The molecule has 2 nitrogen and oxygen atoms in total. The maximum absolute atomic E-state index is 12.2. The van der Waals surface area contributed by atoms with Gasteiger partial charge < -0.3 is 5.32 Å². The summed E-state index contributed by atoms with van der Waals surface area (Å²) in [5.74, 6) is 3.76. The Hall–Kier alpha value is -1.48. The van der Waals surface area contributed by atoms with E-state index in [-0.39, 0.29) is 0 Å². The van der Waals surface area contributed by atoms with E-state index in [1.165, 1.54) is 61.1 Å². The number of ketones is 1. The van der Waals surface area contributed by atoms with Crippen LogP contribution in [0.15, 0.2) is 47.1 Å². The number of thioether (sulfide) groups is 1. The molecule has 0 radical (unpaired) electrons. The van der Waals surface area contributed by atoms with Crippen LogP contribution in [0.1, 0.15) is 76.2 Å². The second-order valence-corrected chi connectivity index (χ2v) is 12.3. The van der Waals surface area contributed by atoms with Crippen molar-refractivity contribution in [2.45, 2.75) is 75.4 Å². The summed E-state index contributed by atoms with van der Waals surface area (Å²) < 4.78 is 0.510. The third-order valence-corrected chi connectivity index (χ3v) is 11.6. The van der Waals surface area contributed by atoms with E-state index < -0.39 is 0 Å². The van der Waals surface area contributed by atoms with E-state index in [2.05, 4.69) is 48.3 Å². The van der Waals surface area contributed by atoms with Gasteiger partial charge in [0.05, 0.1) is 0 Å².